The summed E-state index contributed by atoms with van der Waals surface area (Å²) in [6.07, 6.45) is 0. The molecule has 3 aromatic heterocycles. The van der Waals surface area contributed by atoms with Crippen molar-refractivity contribution >= 4 is 34.1 Å². The van der Waals surface area contributed by atoms with E-state index in [1.807, 2.05) is 22.9 Å². The van der Waals surface area contributed by atoms with E-state index in [-0.39, 0.29) is 0 Å². The molecule has 0 bridgehead atoms. The molecular weight excluding hydrogens is 629 g/mol. The van der Waals surface area contributed by atoms with Crippen molar-refractivity contribution in [1.29, 1.82) is 0 Å². The molecule has 8 aromatic rings. The predicted octanol–water partition coefficient (Wildman–Crippen LogP) is 9.42. The van der Waals surface area contributed by atoms with Crippen LogP contribution >= 0.6 is 23.1 Å². The van der Waals surface area contributed by atoms with Gasteiger partial charge in [-0.15, -0.1) is 16.4 Å². The van der Waals surface area contributed by atoms with Gasteiger partial charge in [-0.2, -0.15) is 0 Å². The first-order chi connectivity index (χ1) is 23.8. The number of hydrogen-bond acceptors (Lipinski definition) is 6. The predicted molar refractivity (Wildman–Crippen MR) is 196 cm³/mol. The summed E-state index contributed by atoms with van der Waals surface area (Å²) in [6, 6.07) is 48.8. The van der Waals surface area contributed by atoms with Crippen molar-refractivity contribution in [3.63, 3.8) is 0 Å². The minimum absolute atomic E-state index is 0.686. The van der Waals surface area contributed by atoms with E-state index < -0.39 is 5.54 Å². The number of aromatic nitrogens is 6. The topological polar surface area (TPSA) is 61.4 Å². The second kappa shape index (κ2) is 13.1. The quantitative estimate of drug-likeness (QED) is 0.108. The molecular formula is C40H32N6S2. The van der Waals surface area contributed by atoms with E-state index in [0.717, 1.165) is 56.4 Å². The lowest BCUT2D eigenvalue weighted by Gasteiger charge is -2.36. The van der Waals surface area contributed by atoms with Crippen LogP contribution in [0.15, 0.2) is 155 Å². The first-order valence-electron chi connectivity index (χ1n) is 16.0. The van der Waals surface area contributed by atoms with Gasteiger partial charge in [-0.3, -0.25) is 0 Å². The highest BCUT2D eigenvalue weighted by Gasteiger charge is 2.42. The standard InChI is InChI=1S/C40H32N6S2/c1-2-48-39-41-36-27-47-28-37(36)45(39)26-29-22-24-30(25-23-29)34-20-12-13-21-35(34)38-42-43-44-46(38)40(31-14-6-3-7-15-31,32-16-8-4-9-17-32)33-18-10-5-11-19-33/h3-25,27-28H,2,26H2,1H3. The zero-order valence-corrected chi connectivity index (χ0v) is 28.0. The average molecular weight is 661 g/mol. The molecule has 48 heavy (non-hydrogen) atoms. The molecule has 0 N–H and O–H groups in total. The van der Waals surface area contributed by atoms with E-state index in [9.17, 15) is 0 Å². The fourth-order valence-electron chi connectivity index (χ4n) is 6.62. The summed E-state index contributed by atoms with van der Waals surface area (Å²) >= 11 is 3.48. The number of tetrazole rings is 1. The Morgan fingerprint density at radius 3 is 1.85 bits per heavy atom. The zero-order valence-electron chi connectivity index (χ0n) is 26.3. The van der Waals surface area contributed by atoms with Gasteiger partial charge in [0.25, 0.3) is 0 Å². The molecule has 8 rings (SSSR count). The molecule has 0 aliphatic rings. The molecule has 5 aromatic carbocycles. The van der Waals surface area contributed by atoms with Gasteiger partial charge in [0.05, 0.1) is 12.1 Å². The van der Waals surface area contributed by atoms with Gasteiger partial charge in [0, 0.05) is 16.3 Å². The van der Waals surface area contributed by atoms with Crippen LogP contribution in [-0.2, 0) is 12.1 Å². The van der Waals surface area contributed by atoms with E-state index >= 15 is 0 Å². The van der Waals surface area contributed by atoms with Crippen LogP contribution in [0, 0.1) is 0 Å². The van der Waals surface area contributed by atoms with E-state index in [4.69, 9.17) is 15.3 Å². The van der Waals surface area contributed by atoms with E-state index in [2.05, 4.69) is 149 Å². The van der Waals surface area contributed by atoms with E-state index in [1.54, 1.807) is 23.1 Å². The summed E-state index contributed by atoms with van der Waals surface area (Å²) in [5, 5.41) is 19.2. The minimum atomic E-state index is -0.828. The Kier molecular flexibility index (Phi) is 8.18. The van der Waals surface area contributed by atoms with Crippen molar-refractivity contribution in [2.75, 3.05) is 5.75 Å². The third kappa shape index (κ3) is 5.23. The molecule has 0 spiro atoms. The lowest BCUT2D eigenvalue weighted by molar-refractivity contribution is 0.451. The van der Waals surface area contributed by atoms with Gasteiger partial charge < -0.3 is 4.57 Å². The normalized spacial score (nSPS) is 11.7. The van der Waals surface area contributed by atoms with Crippen LogP contribution in [0.1, 0.15) is 29.2 Å². The zero-order chi connectivity index (χ0) is 32.3. The van der Waals surface area contributed by atoms with Crippen LogP contribution in [0.5, 0.6) is 0 Å². The molecule has 0 amide bonds. The van der Waals surface area contributed by atoms with Gasteiger partial charge in [-0.1, -0.05) is 158 Å². The van der Waals surface area contributed by atoms with Gasteiger partial charge in [0.1, 0.15) is 11.1 Å². The molecule has 0 aliphatic heterocycles. The van der Waals surface area contributed by atoms with Crippen molar-refractivity contribution in [3.05, 3.63) is 173 Å². The number of imidazole rings is 1. The summed E-state index contributed by atoms with van der Waals surface area (Å²) in [4.78, 5) is 4.87. The highest BCUT2D eigenvalue weighted by molar-refractivity contribution is 7.99. The fourth-order valence-corrected chi connectivity index (χ4v) is 8.10. The van der Waals surface area contributed by atoms with Crippen LogP contribution in [0.2, 0.25) is 0 Å². The Morgan fingerprint density at radius 2 is 1.25 bits per heavy atom. The lowest BCUT2D eigenvalue weighted by atomic mass is 9.77. The van der Waals surface area contributed by atoms with Crippen LogP contribution in [-0.4, -0.2) is 35.5 Å². The van der Waals surface area contributed by atoms with Gasteiger partial charge in [-0.25, -0.2) is 9.67 Å². The monoisotopic (exact) mass is 660 g/mol. The van der Waals surface area contributed by atoms with Gasteiger partial charge in [0.15, 0.2) is 11.0 Å². The van der Waals surface area contributed by atoms with Crippen LogP contribution in [0.25, 0.3) is 33.5 Å². The summed E-state index contributed by atoms with van der Waals surface area (Å²) in [7, 11) is 0. The molecule has 0 unspecified atom stereocenters. The number of hydrogen-bond donors (Lipinski definition) is 0. The Hall–Kier alpha value is -5.31. The molecule has 0 saturated heterocycles. The summed E-state index contributed by atoms with van der Waals surface area (Å²) < 4.78 is 4.33. The van der Waals surface area contributed by atoms with Crippen LogP contribution in [0.3, 0.4) is 0 Å². The third-order valence-corrected chi connectivity index (χ3v) is 10.3. The fraction of sp³-hybridized carbons (Fsp3) is 0.100. The van der Waals surface area contributed by atoms with Crippen molar-refractivity contribution in [3.8, 4) is 22.5 Å². The molecule has 8 heteroatoms. The van der Waals surface area contributed by atoms with Gasteiger partial charge in [-0.05, 0) is 49.6 Å². The first kappa shape index (κ1) is 30.1. The first-order valence-corrected chi connectivity index (χ1v) is 17.9. The summed E-state index contributed by atoms with van der Waals surface area (Å²) in [6.45, 7) is 2.94. The molecule has 234 valence electrons. The molecule has 0 atom stereocenters. The maximum absolute atomic E-state index is 4.87. The van der Waals surface area contributed by atoms with Crippen LogP contribution < -0.4 is 0 Å². The second-order valence-electron chi connectivity index (χ2n) is 11.5. The molecule has 0 saturated carbocycles. The number of fused-ring (bicyclic) bond motifs is 1. The number of thiophene rings is 1. The summed E-state index contributed by atoms with van der Waals surface area (Å²) in [5.41, 5.74) is 8.97. The highest BCUT2D eigenvalue weighted by Crippen LogP contribution is 2.43. The van der Waals surface area contributed by atoms with E-state index in [0.29, 0.717) is 5.82 Å². The van der Waals surface area contributed by atoms with Crippen LogP contribution in [0.4, 0.5) is 0 Å². The maximum atomic E-state index is 4.87. The largest absolute Gasteiger partial charge is 0.314 e. The van der Waals surface area contributed by atoms with Crippen molar-refractivity contribution in [2.24, 2.45) is 0 Å². The SMILES string of the molecule is CCSc1nc2cscc2n1Cc1ccc(-c2ccccc2-c2nnnn2C(c2ccccc2)(c2ccccc2)c2ccccc2)cc1. The Morgan fingerprint density at radius 1 is 0.667 bits per heavy atom. The molecule has 0 aliphatic carbocycles. The van der Waals surface area contributed by atoms with Gasteiger partial charge in [0.2, 0.25) is 0 Å². The molecule has 3 heterocycles. The Bertz CT molecular complexity index is 2180. The minimum Gasteiger partial charge on any atom is -0.314 e. The number of rotatable bonds is 10. The highest BCUT2D eigenvalue weighted by atomic mass is 32.2. The third-order valence-electron chi connectivity index (χ3n) is 8.77. The van der Waals surface area contributed by atoms with Gasteiger partial charge >= 0.3 is 0 Å². The second-order valence-corrected chi connectivity index (χ2v) is 13.5. The average Bonchev–Trinajstić information content (AvgIpc) is 3.90. The van der Waals surface area contributed by atoms with E-state index in [1.165, 1.54) is 11.1 Å². The Labute approximate surface area is 287 Å². The van der Waals surface area contributed by atoms with Crippen molar-refractivity contribution in [2.45, 2.75) is 24.2 Å². The molecule has 6 nitrogen and oxygen atoms in total. The van der Waals surface area contributed by atoms with Crippen molar-refractivity contribution < 1.29 is 0 Å². The number of thioether (sulfide) groups is 1. The lowest BCUT2D eigenvalue weighted by Crippen LogP contribution is -2.39. The smallest absolute Gasteiger partial charge is 0.184 e. The maximum Gasteiger partial charge on any atom is 0.184 e. The summed E-state index contributed by atoms with van der Waals surface area (Å²) in [5.74, 6) is 1.67. The number of benzene rings is 5. The Balaban J connectivity index is 1.25. The molecule has 0 fully saturated rings. The molecule has 0 radical (unpaired) electrons. The number of nitrogens with zero attached hydrogens (tertiary/aromatic N) is 6. The van der Waals surface area contributed by atoms with Crippen molar-refractivity contribution in [1.82, 2.24) is 29.8 Å².